The van der Waals surface area contributed by atoms with E-state index in [0.717, 1.165) is 10.0 Å². The van der Waals surface area contributed by atoms with Gasteiger partial charge in [0.25, 0.3) is 5.56 Å². The van der Waals surface area contributed by atoms with Crippen LogP contribution in [0.25, 0.3) is 11.2 Å². The summed E-state index contributed by atoms with van der Waals surface area (Å²) in [5.74, 6) is 0.679. The Kier molecular flexibility index (Phi) is 5.74. The zero-order chi connectivity index (χ0) is 18.8. The Hall–Kier alpha value is -1.77. The first kappa shape index (κ1) is 19.0. The monoisotopic (exact) mass is 454 g/mol. The van der Waals surface area contributed by atoms with Crippen LogP contribution >= 0.6 is 39.3 Å². The molecular weight excluding hydrogens is 440 g/mol. The van der Waals surface area contributed by atoms with Gasteiger partial charge in [0.2, 0.25) is 0 Å². The van der Waals surface area contributed by atoms with Crippen LogP contribution in [0, 0.1) is 0 Å². The molecule has 0 saturated heterocycles. The van der Waals surface area contributed by atoms with Crippen molar-refractivity contribution in [2.75, 3.05) is 0 Å². The number of halogens is 2. The van der Waals surface area contributed by atoms with Crippen molar-refractivity contribution >= 4 is 50.5 Å². The summed E-state index contributed by atoms with van der Waals surface area (Å²) in [5.41, 5.74) is 0.897. The van der Waals surface area contributed by atoms with Gasteiger partial charge >= 0.3 is 5.69 Å². The Labute approximate surface area is 167 Å². The van der Waals surface area contributed by atoms with E-state index < -0.39 is 11.2 Å². The van der Waals surface area contributed by atoms with Gasteiger partial charge in [0.1, 0.15) is 0 Å². The van der Waals surface area contributed by atoms with Crippen molar-refractivity contribution in [2.45, 2.75) is 24.4 Å². The highest BCUT2D eigenvalue weighted by Crippen LogP contribution is 2.26. The van der Waals surface area contributed by atoms with E-state index in [4.69, 9.17) is 11.6 Å². The molecule has 0 atom stereocenters. The van der Waals surface area contributed by atoms with Gasteiger partial charge in [-0.1, -0.05) is 57.5 Å². The molecule has 0 aliphatic carbocycles. The zero-order valence-corrected chi connectivity index (χ0v) is 17.3. The molecule has 1 N–H and O–H groups in total. The summed E-state index contributed by atoms with van der Waals surface area (Å²) in [6.45, 7) is 2.17. The molecule has 0 spiro atoms. The van der Waals surface area contributed by atoms with Gasteiger partial charge in [-0.2, -0.15) is 0 Å². The first-order valence-electron chi connectivity index (χ1n) is 7.76. The van der Waals surface area contributed by atoms with E-state index in [1.165, 1.54) is 16.3 Å². The van der Waals surface area contributed by atoms with E-state index in [1.54, 1.807) is 24.6 Å². The number of hydrogen-bond acceptors (Lipinski definition) is 4. The molecule has 0 aliphatic rings. The lowest BCUT2D eigenvalue weighted by Crippen LogP contribution is -2.29. The Morgan fingerprint density at radius 1 is 1.42 bits per heavy atom. The number of nitrogens with one attached hydrogen (secondary N) is 1. The van der Waals surface area contributed by atoms with Crippen molar-refractivity contribution in [3.05, 3.63) is 66.2 Å². The number of fused-ring (bicyclic) bond motifs is 1. The molecule has 3 rings (SSSR count). The average Bonchev–Trinajstić information content (AvgIpc) is 2.95. The number of aromatic nitrogens is 4. The largest absolute Gasteiger partial charge is 0.329 e. The van der Waals surface area contributed by atoms with Crippen molar-refractivity contribution in [1.29, 1.82) is 0 Å². The summed E-state index contributed by atoms with van der Waals surface area (Å²) in [7, 11) is 1.59. The molecule has 1 aromatic carbocycles. The fraction of sp³-hybridized carbons (Fsp3) is 0.235. The molecule has 26 heavy (non-hydrogen) atoms. The number of thioether (sulfide) groups is 1. The Bertz CT molecular complexity index is 1110. The maximum Gasteiger partial charge on any atom is 0.329 e. The zero-order valence-electron chi connectivity index (χ0n) is 14.1. The molecule has 2 aromatic heterocycles. The lowest BCUT2D eigenvalue weighted by Gasteiger charge is -2.06. The molecule has 0 fully saturated rings. The first-order valence-corrected chi connectivity index (χ1v) is 9.91. The normalized spacial score (nSPS) is 12.1. The van der Waals surface area contributed by atoms with E-state index in [1.807, 2.05) is 24.3 Å². The van der Waals surface area contributed by atoms with Crippen LogP contribution in [0.3, 0.4) is 0 Å². The minimum Gasteiger partial charge on any atom is -0.309 e. The van der Waals surface area contributed by atoms with Crippen LogP contribution in [0.4, 0.5) is 0 Å². The molecule has 2 heterocycles. The molecule has 0 unspecified atom stereocenters. The van der Waals surface area contributed by atoms with Crippen LogP contribution in [-0.4, -0.2) is 19.1 Å². The number of nitrogens with zero attached hydrogens (tertiary/aromatic N) is 3. The van der Waals surface area contributed by atoms with Crippen molar-refractivity contribution < 1.29 is 0 Å². The standard InChI is InChI=1S/C17H16BrClN4O2S/c1-10(19)6-7-23-13-14(22(2)16(25)21-15(13)24)20-17(23)26-9-11-4-3-5-12(18)8-11/h3-6,8H,7,9H2,1-2H3,(H,21,24,25)/b10-6-. The van der Waals surface area contributed by atoms with Gasteiger partial charge in [-0.05, 0) is 24.6 Å². The van der Waals surface area contributed by atoms with Crippen molar-refractivity contribution in [1.82, 2.24) is 19.1 Å². The third-order valence-corrected chi connectivity index (χ3v) is 5.48. The predicted molar refractivity (Wildman–Crippen MR) is 109 cm³/mol. The molecule has 0 saturated carbocycles. The summed E-state index contributed by atoms with van der Waals surface area (Å²) in [5, 5.41) is 1.27. The van der Waals surface area contributed by atoms with E-state index in [-0.39, 0.29) is 0 Å². The molecule has 0 bridgehead atoms. The van der Waals surface area contributed by atoms with Crippen LogP contribution in [-0.2, 0) is 19.3 Å². The van der Waals surface area contributed by atoms with E-state index in [2.05, 4.69) is 25.9 Å². The number of aromatic amines is 1. The lowest BCUT2D eigenvalue weighted by atomic mass is 10.2. The molecule has 3 aromatic rings. The van der Waals surface area contributed by atoms with Gasteiger partial charge in [0.15, 0.2) is 16.3 Å². The highest BCUT2D eigenvalue weighted by Gasteiger charge is 2.17. The Morgan fingerprint density at radius 2 is 2.19 bits per heavy atom. The number of benzene rings is 1. The van der Waals surface area contributed by atoms with Gasteiger partial charge in [-0.25, -0.2) is 9.78 Å². The third-order valence-electron chi connectivity index (χ3n) is 3.78. The second kappa shape index (κ2) is 7.85. The molecule has 0 amide bonds. The number of hydrogen-bond donors (Lipinski definition) is 1. The van der Waals surface area contributed by atoms with Crippen LogP contribution < -0.4 is 11.2 Å². The summed E-state index contributed by atoms with van der Waals surface area (Å²) in [6, 6.07) is 7.99. The van der Waals surface area contributed by atoms with Crippen molar-refractivity contribution in [3.63, 3.8) is 0 Å². The van der Waals surface area contributed by atoms with Gasteiger partial charge in [0, 0.05) is 28.9 Å². The van der Waals surface area contributed by atoms with Gasteiger partial charge in [0.05, 0.1) is 0 Å². The number of imidazole rings is 1. The van der Waals surface area contributed by atoms with E-state index >= 15 is 0 Å². The first-order chi connectivity index (χ1) is 12.4. The fourth-order valence-corrected chi connectivity index (χ4v) is 3.95. The second-order valence-corrected chi connectivity index (χ2v) is 8.16. The van der Waals surface area contributed by atoms with E-state index in [9.17, 15) is 9.59 Å². The molecular formula is C17H16BrClN4O2S. The topological polar surface area (TPSA) is 72.7 Å². The molecule has 6 nitrogen and oxygen atoms in total. The van der Waals surface area contributed by atoms with Crippen LogP contribution in [0.2, 0.25) is 0 Å². The number of H-pyrrole nitrogens is 1. The van der Waals surface area contributed by atoms with Gasteiger partial charge < -0.3 is 4.57 Å². The fourth-order valence-electron chi connectivity index (χ4n) is 2.49. The maximum atomic E-state index is 12.4. The second-order valence-electron chi connectivity index (χ2n) is 5.70. The smallest absolute Gasteiger partial charge is 0.309 e. The Balaban J connectivity index is 2.08. The number of aryl methyl sites for hydroxylation is 1. The van der Waals surface area contributed by atoms with E-state index in [0.29, 0.717) is 33.7 Å². The number of allylic oxidation sites excluding steroid dienone is 2. The minimum atomic E-state index is -0.486. The highest BCUT2D eigenvalue weighted by molar-refractivity contribution is 9.10. The summed E-state index contributed by atoms with van der Waals surface area (Å²) in [6.07, 6.45) is 1.80. The van der Waals surface area contributed by atoms with Crippen LogP contribution in [0.15, 0.2) is 54.6 Å². The molecule has 0 radical (unpaired) electrons. The summed E-state index contributed by atoms with van der Waals surface area (Å²) >= 11 is 10.9. The molecule has 9 heteroatoms. The lowest BCUT2D eigenvalue weighted by molar-refractivity contribution is 0.742. The van der Waals surface area contributed by atoms with Gasteiger partial charge in [-0.3, -0.25) is 14.3 Å². The minimum absolute atomic E-state index is 0.358. The van der Waals surface area contributed by atoms with Crippen LogP contribution in [0.5, 0.6) is 0 Å². The van der Waals surface area contributed by atoms with Crippen molar-refractivity contribution in [3.8, 4) is 0 Å². The maximum absolute atomic E-state index is 12.4. The van der Waals surface area contributed by atoms with Gasteiger partial charge in [-0.15, -0.1) is 0 Å². The molecule has 136 valence electrons. The van der Waals surface area contributed by atoms with Crippen LogP contribution in [0.1, 0.15) is 12.5 Å². The third kappa shape index (κ3) is 3.97. The predicted octanol–water partition coefficient (Wildman–Crippen LogP) is 3.62. The highest BCUT2D eigenvalue weighted by atomic mass is 79.9. The molecule has 0 aliphatic heterocycles. The number of rotatable bonds is 5. The summed E-state index contributed by atoms with van der Waals surface area (Å²) in [4.78, 5) is 31.1. The Morgan fingerprint density at radius 3 is 2.88 bits per heavy atom. The average molecular weight is 456 g/mol. The summed E-state index contributed by atoms with van der Waals surface area (Å²) < 4.78 is 4.12. The SMILES string of the molecule is C/C(Cl)=C/Cn1c(SCc2cccc(Br)c2)nc2c1c(=O)[nH]c(=O)n2C. The van der Waals surface area contributed by atoms with Crippen molar-refractivity contribution in [2.24, 2.45) is 7.05 Å². The quantitative estimate of drug-likeness (QED) is 0.596.